The van der Waals surface area contributed by atoms with E-state index in [0.29, 0.717) is 5.56 Å². The van der Waals surface area contributed by atoms with Crippen molar-refractivity contribution in [1.29, 1.82) is 5.26 Å². The van der Waals surface area contributed by atoms with Gasteiger partial charge in [-0.05, 0) is 25.2 Å². The number of nitriles is 1. The highest BCUT2D eigenvalue weighted by molar-refractivity contribution is 7.99. The second-order valence-electron chi connectivity index (χ2n) is 3.37. The quantitative estimate of drug-likeness (QED) is 0.710. The van der Waals surface area contributed by atoms with Crippen LogP contribution in [0.15, 0.2) is 23.4 Å². The summed E-state index contributed by atoms with van der Waals surface area (Å²) < 4.78 is 0. The molecule has 0 N–H and O–H groups in total. The van der Waals surface area contributed by atoms with Gasteiger partial charge in [0.1, 0.15) is 0 Å². The molecule has 0 bridgehead atoms. The van der Waals surface area contributed by atoms with Crippen molar-refractivity contribution in [3.05, 3.63) is 23.9 Å². The summed E-state index contributed by atoms with van der Waals surface area (Å²) in [5.41, 5.74) is 0.681. The highest BCUT2D eigenvalue weighted by Crippen LogP contribution is 2.15. The van der Waals surface area contributed by atoms with Crippen molar-refractivity contribution in [2.24, 2.45) is 0 Å². The second kappa shape index (κ2) is 7.26. The number of nitrogens with zero attached hydrogens (tertiary/aromatic N) is 3. The first kappa shape index (κ1) is 13.0. The molecule has 0 saturated carbocycles. The zero-order valence-corrected chi connectivity index (χ0v) is 10.6. The van der Waals surface area contributed by atoms with Crippen molar-refractivity contribution in [1.82, 2.24) is 9.88 Å². The lowest BCUT2D eigenvalue weighted by Gasteiger charge is -2.16. The van der Waals surface area contributed by atoms with Crippen LogP contribution in [0.25, 0.3) is 0 Å². The summed E-state index contributed by atoms with van der Waals surface area (Å²) in [6.45, 7) is 7.58. The van der Waals surface area contributed by atoms with E-state index in [0.717, 1.165) is 30.4 Å². The van der Waals surface area contributed by atoms with E-state index in [9.17, 15) is 0 Å². The van der Waals surface area contributed by atoms with Crippen LogP contribution >= 0.6 is 11.8 Å². The molecule has 0 atom stereocenters. The third-order valence-electron chi connectivity index (χ3n) is 2.42. The van der Waals surface area contributed by atoms with Crippen LogP contribution in [0.4, 0.5) is 0 Å². The number of aromatic nitrogens is 1. The molecule has 3 nitrogen and oxygen atoms in total. The molecule has 0 aliphatic carbocycles. The number of thioether (sulfide) groups is 1. The predicted molar refractivity (Wildman–Crippen MR) is 67.5 cm³/mol. The van der Waals surface area contributed by atoms with Gasteiger partial charge in [0.25, 0.3) is 0 Å². The molecule has 0 spiro atoms. The molecule has 1 aromatic heterocycles. The maximum atomic E-state index is 8.76. The van der Waals surface area contributed by atoms with Crippen LogP contribution in [0.1, 0.15) is 19.4 Å². The maximum Gasteiger partial charge on any atom is 0.0993 e. The zero-order chi connectivity index (χ0) is 11.8. The van der Waals surface area contributed by atoms with Gasteiger partial charge in [0.15, 0.2) is 0 Å². The number of rotatable bonds is 6. The first-order valence-corrected chi connectivity index (χ1v) is 6.50. The van der Waals surface area contributed by atoms with Crippen LogP contribution in [0.5, 0.6) is 0 Å². The van der Waals surface area contributed by atoms with Gasteiger partial charge < -0.3 is 4.90 Å². The van der Waals surface area contributed by atoms with Crippen molar-refractivity contribution < 1.29 is 0 Å². The maximum absolute atomic E-state index is 8.76. The third-order valence-corrected chi connectivity index (χ3v) is 3.32. The molecular formula is C12H17N3S. The minimum atomic E-state index is 0.681. The Bertz CT molecular complexity index is 356. The zero-order valence-electron chi connectivity index (χ0n) is 9.81. The third kappa shape index (κ3) is 4.21. The normalized spacial score (nSPS) is 10.4. The average molecular weight is 235 g/mol. The lowest BCUT2D eigenvalue weighted by atomic mass is 10.3. The SMILES string of the molecule is CCN(CC)CCSc1cc(C#N)ccn1. The van der Waals surface area contributed by atoms with Gasteiger partial charge in [0, 0.05) is 18.5 Å². The standard InChI is InChI=1S/C12H17N3S/c1-3-15(4-2)7-8-16-12-9-11(10-13)5-6-14-12/h5-6,9H,3-4,7-8H2,1-2H3. The van der Waals surface area contributed by atoms with Gasteiger partial charge >= 0.3 is 0 Å². The second-order valence-corrected chi connectivity index (χ2v) is 4.49. The molecule has 0 amide bonds. The van der Waals surface area contributed by atoms with Gasteiger partial charge in [0.2, 0.25) is 0 Å². The summed E-state index contributed by atoms with van der Waals surface area (Å²) in [5, 5.41) is 9.69. The Balaban J connectivity index is 2.40. The van der Waals surface area contributed by atoms with E-state index in [1.165, 1.54) is 0 Å². The van der Waals surface area contributed by atoms with E-state index in [1.54, 1.807) is 24.0 Å². The first-order valence-electron chi connectivity index (χ1n) is 5.51. The van der Waals surface area contributed by atoms with Crippen LogP contribution in [0.3, 0.4) is 0 Å². The average Bonchev–Trinajstić information content (AvgIpc) is 2.35. The summed E-state index contributed by atoms with van der Waals surface area (Å²) >= 11 is 1.71. The monoisotopic (exact) mass is 235 g/mol. The Morgan fingerprint density at radius 3 is 2.81 bits per heavy atom. The Labute approximate surface area is 101 Å². The molecule has 0 aliphatic rings. The number of hydrogen-bond donors (Lipinski definition) is 0. The topological polar surface area (TPSA) is 39.9 Å². The first-order chi connectivity index (χ1) is 7.80. The molecule has 0 radical (unpaired) electrons. The minimum absolute atomic E-state index is 0.681. The van der Waals surface area contributed by atoms with Gasteiger partial charge in [0.05, 0.1) is 16.7 Å². The van der Waals surface area contributed by atoms with Crippen molar-refractivity contribution in [2.45, 2.75) is 18.9 Å². The van der Waals surface area contributed by atoms with E-state index in [-0.39, 0.29) is 0 Å². The largest absolute Gasteiger partial charge is 0.303 e. The van der Waals surface area contributed by atoms with Gasteiger partial charge in [-0.3, -0.25) is 0 Å². The van der Waals surface area contributed by atoms with Gasteiger partial charge in [-0.1, -0.05) is 13.8 Å². The van der Waals surface area contributed by atoms with Crippen LogP contribution in [-0.4, -0.2) is 35.3 Å². The summed E-state index contributed by atoms with van der Waals surface area (Å²) in [6, 6.07) is 5.70. The minimum Gasteiger partial charge on any atom is -0.303 e. The fraction of sp³-hybridized carbons (Fsp3) is 0.500. The van der Waals surface area contributed by atoms with Crippen LogP contribution < -0.4 is 0 Å². The molecule has 0 saturated heterocycles. The lowest BCUT2D eigenvalue weighted by molar-refractivity contribution is 0.324. The Morgan fingerprint density at radius 2 is 2.19 bits per heavy atom. The summed E-state index contributed by atoms with van der Waals surface area (Å²) in [4.78, 5) is 6.61. The Morgan fingerprint density at radius 1 is 1.44 bits per heavy atom. The van der Waals surface area contributed by atoms with Crippen LogP contribution in [0, 0.1) is 11.3 Å². The molecule has 16 heavy (non-hydrogen) atoms. The fourth-order valence-electron chi connectivity index (χ4n) is 1.38. The predicted octanol–water partition coefficient (Wildman–Crippen LogP) is 2.39. The Hall–Kier alpha value is -1.05. The highest BCUT2D eigenvalue weighted by Gasteiger charge is 2.01. The van der Waals surface area contributed by atoms with E-state index in [4.69, 9.17) is 5.26 Å². The van der Waals surface area contributed by atoms with Gasteiger partial charge in [-0.15, -0.1) is 11.8 Å². The molecule has 0 aromatic carbocycles. The summed E-state index contributed by atoms with van der Waals surface area (Å²) in [7, 11) is 0. The lowest BCUT2D eigenvalue weighted by Crippen LogP contribution is -2.25. The molecule has 4 heteroatoms. The van der Waals surface area contributed by atoms with E-state index >= 15 is 0 Å². The summed E-state index contributed by atoms with van der Waals surface area (Å²) in [6.07, 6.45) is 1.69. The molecule has 0 fully saturated rings. The van der Waals surface area contributed by atoms with Gasteiger partial charge in [-0.25, -0.2) is 4.98 Å². The molecule has 86 valence electrons. The number of hydrogen-bond acceptors (Lipinski definition) is 4. The molecule has 1 rings (SSSR count). The van der Waals surface area contributed by atoms with E-state index < -0.39 is 0 Å². The van der Waals surface area contributed by atoms with Crippen molar-refractivity contribution in [3.8, 4) is 6.07 Å². The van der Waals surface area contributed by atoms with E-state index in [2.05, 4.69) is 29.8 Å². The van der Waals surface area contributed by atoms with Gasteiger partial charge in [-0.2, -0.15) is 5.26 Å². The van der Waals surface area contributed by atoms with Crippen molar-refractivity contribution >= 4 is 11.8 Å². The molecule has 1 heterocycles. The Kier molecular flexibility index (Phi) is 5.91. The summed E-state index contributed by atoms with van der Waals surface area (Å²) in [5.74, 6) is 1.02. The van der Waals surface area contributed by atoms with E-state index in [1.807, 2.05) is 6.07 Å². The van der Waals surface area contributed by atoms with Crippen LogP contribution in [-0.2, 0) is 0 Å². The van der Waals surface area contributed by atoms with Crippen LogP contribution in [0.2, 0.25) is 0 Å². The number of pyridine rings is 1. The molecule has 1 aromatic rings. The highest BCUT2D eigenvalue weighted by atomic mass is 32.2. The van der Waals surface area contributed by atoms with Crippen molar-refractivity contribution in [3.63, 3.8) is 0 Å². The van der Waals surface area contributed by atoms with Crippen molar-refractivity contribution in [2.75, 3.05) is 25.4 Å². The molecule has 0 unspecified atom stereocenters. The molecular weight excluding hydrogens is 218 g/mol. The molecule has 0 aliphatic heterocycles. The fourth-order valence-corrected chi connectivity index (χ4v) is 2.28. The smallest absolute Gasteiger partial charge is 0.0993 e.